The van der Waals surface area contributed by atoms with Crippen molar-refractivity contribution >= 4 is 5.97 Å². The number of esters is 1. The number of rotatable bonds is 5. The van der Waals surface area contributed by atoms with Crippen LogP contribution in [0.2, 0.25) is 0 Å². The number of aliphatic hydroxyl groups excluding tert-OH is 4. The molecule has 7 nitrogen and oxygen atoms in total. The summed E-state index contributed by atoms with van der Waals surface area (Å²) in [6.07, 6.45) is -4.70. The first-order valence-electron chi connectivity index (χ1n) is 5.61. The van der Waals surface area contributed by atoms with Gasteiger partial charge in [0.2, 0.25) is 0 Å². The van der Waals surface area contributed by atoms with E-state index in [2.05, 4.69) is 6.58 Å². The van der Waals surface area contributed by atoms with E-state index in [1.807, 2.05) is 0 Å². The van der Waals surface area contributed by atoms with E-state index in [1.54, 1.807) is 0 Å². The third kappa shape index (κ3) is 3.50. The lowest BCUT2D eigenvalue weighted by Gasteiger charge is -2.40. The Hall–Kier alpha value is -0.990. The molecule has 1 heterocycles. The van der Waals surface area contributed by atoms with Gasteiger partial charge in [-0.25, -0.2) is 4.79 Å². The molecule has 18 heavy (non-hydrogen) atoms. The van der Waals surface area contributed by atoms with E-state index < -0.39 is 43.1 Å². The average Bonchev–Trinajstić information content (AvgIpc) is 2.38. The predicted molar refractivity (Wildman–Crippen MR) is 59.5 cm³/mol. The Labute approximate surface area is 104 Å². The van der Waals surface area contributed by atoms with Crippen molar-refractivity contribution in [2.75, 3.05) is 13.2 Å². The molecule has 5 atom stereocenters. The van der Waals surface area contributed by atoms with Gasteiger partial charge in [-0.2, -0.15) is 0 Å². The number of hydrogen-bond donors (Lipinski definition) is 4. The predicted octanol–water partition coefficient (Wildman–Crippen LogP) is -2.05. The van der Waals surface area contributed by atoms with Crippen molar-refractivity contribution in [2.24, 2.45) is 0 Å². The molecule has 1 rings (SSSR count). The molecule has 0 radical (unpaired) electrons. The van der Waals surface area contributed by atoms with Gasteiger partial charge in [-0.3, -0.25) is 0 Å². The minimum Gasteiger partial charge on any atom is -0.462 e. The van der Waals surface area contributed by atoms with Crippen LogP contribution in [0.5, 0.6) is 0 Å². The summed E-state index contributed by atoms with van der Waals surface area (Å²) < 4.78 is 9.94. The van der Waals surface area contributed by atoms with Crippen LogP contribution in [0.4, 0.5) is 0 Å². The minimum atomic E-state index is -1.41. The molecule has 1 saturated heterocycles. The van der Waals surface area contributed by atoms with Crippen LogP contribution in [-0.2, 0) is 14.3 Å². The van der Waals surface area contributed by atoms with Crippen LogP contribution < -0.4 is 0 Å². The van der Waals surface area contributed by atoms with Gasteiger partial charge in [0.15, 0.2) is 0 Å². The van der Waals surface area contributed by atoms with Crippen molar-refractivity contribution in [1.82, 2.24) is 0 Å². The van der Waals surface area contributed by atoms with Crippen molar-refractivity contribution in [3.63, 3.8) is 0 Å². The van der Waals surface area contributed by atoms with E-state index in [4.69, 9.17) is 14.6 Å². The fourth-order valence-electron chi connectivity index (χ4n) is 1.75. The third-order valence-electron chi connectivity index (χ3n) is 2.80. The SMILES string of the molecule is C=CC(=O)OCCC1O[C@H](CO)[C@H](O)[C@H](O)[C@H]1O. The molecule has 0 spiro atoms. The van der Waals surface area contributed by atoms with Gasteiger partial charge in [0, 0.05) is 12.5 Å². The van der Waals surface area contributed by atoms with Crippen molar-refractivity contribution in [3.8, 4) is 0 Å². The molecule has 4 N–H and O–H groups in total. The maximum atomic E-state index is 10.8. The summed E-state index contributed by atoms with van der Waals surface area (Å²) in [6, 6.07) is 0. The Kier molecular flexibility index (Phi) is 5.70. The third-order valence-corrected chi connectivity index (χ3v) is 2.80. The highest BCUT2D eigenvalue weighted by atomic mass is 16.6. The first-order valence-corrected chi connectivity index (χ1v) is 5.61. The zero-order chi connectivity index (χ0) is 13.7. The molecule has 0 aromatic heterocycles. The van der Waals surface area contributed by atoms with Gasteiger partial charge in [0.25, 0.3) is 0 Å². The quantitative estimate of drug-likeness (QED) is 0.333. The van der Waals surface area contributed by atoms with Crippen LogP contribution in [0.15, 0.2) is 12.7 Å². The zero-order valence-electron chi connectivity index (χ0n) is 9.81. The van der Waals surface area contributed by atoms with E-state index in [9.17, 15) is 20.1 Å². The van der Waals surface area contributed by atoms with E-state index in [0.29, 0.717) is 0 Å². The fraction of sp³-hybridized carbons (Fsp3) is 0.727. The number of ether oxygens (including phenoxy) is 2. The highest BCUT2D eigenvalue weighted by Crippen LogP contribution is 2.23. The Morgan fingerprint density at radius 3 is 2.39 bits per heavy atom. The normalized spacial score (nSPS) is 36.1. The molecule has 1 fully saturated rings. The lowest BCUT2D eigenvalue weighted by molar-refractivity contribution is -0.232. The van der Waals surface area contributed by atoms with Crippen molar-refractivity contribution in [2.45, 2.75) is 36.9 Å². The molecule has 1 aliphatic heterocycles. The van der Waals surface area contributed by atoms with Gasteiger partial charge in [-0.05, 0) is 0 Å². The minimum absolute atomic E-state index is 0.0203. The lowest BCUT2D eigenvalue weighted by Crippen LogP contribution is -2.58. The Morgan fingerprint density at radius 2 is 1.83 bits per heavy atom. The molecule has 1 aliphatic rings. The second-order valence-electron chi connectivity index (χ2n) is 4.03. The highest BCUT2D eigenvalue weighted by molar-refractivity contribution is 5.81. The first-order chi connectivity index (χ1) is 8.51. The van der Waals surface area contributed by atoms with E-state index in [1.165, 1.54) is 0 Å². The summed E-state index contributed by atoms with van der Waals surface area (Å²) in [4.78, 5) is 10.8. The molecule has 0 bridgehead atoms. The van der Waals surface area contributed by atoms with E-state index >= 15 is 0 Å². The molecule has 0 aliphatic carbocycles. The summed E-state index contributed by atoms with van der Waals surface area (Å²) in [6.45, 7) is 2.73. The second kappa shape index (κ2) is 6.81. The smallest absolute Gasteiger partial charge is 0.330 e. The van der Waals surface area contributed by atoms with E-state index in [0.717, 1.165) is 6.08 Å². The van der Waals surface area contributed by atoms with Gasteiger partial charge in [-0.1, -0.05) is 6.58 Å². The lowest BCUT2D eigenvalue weighted by atomic mass is 9.94. The van der Waals surface area contributed by atoms with Gasteiger partial charge in [0.1, 0.15) is 24.4 Å². The maximum Gasteiger partial charge on any atom is 0.330 e. The monoisotopic (exact) mass is 262 g/mol. The van der Waals surface area contributed by atoms with Crippen LogP contribution in [0, 0.1) is 0 Å². The summed E-state index contributed by atoms with van der Waals surface area (Å²) in [5.74, 6) is -0.598. The Morgan fingerprint density at radius 1 is 1.22 bits per heavy atom. The molecular weight excluding hydrogens is 244 g/mol. The van der Waals surface area contributed by atoms with Gasteiger partial charge < -0.3 is 29.9 Å². The van der Waals surface area contributed by atoms with Crippen molar-refractivity contribution < 1.29 is 34.7 Å². The summed E-state index contributed by atoms with van der Waals surface area (Å²) >= 11 is 0. The topological polar surface area (TPSA) is 116 Å². The van der Waals surface area contributed by atoms with Crippen LogP contribution in [-0.4, -0.2) is 70.1 Å². The van der Waals surface area contributed by atoms with Crippen molar-refractivity contribution in [1.29, 1.82) is 0 Å². The number of carbonyl (C=O) groups excluding carboxylic acids is 1. The number of hydrogen-bond acceptors (Lipinski definition) is 7. The molecule has 1 unspecified atom stereocenters. The fourth-order valence-corrected chi connectivity index (χ4v) is 1.75. The molecule has 0 aromatic carbocycles. The van der Waals surface area contributed by atoms with Crippen LogP contribution in [0.1, 0.15) is 6.42 Å². The summed E-state index contributed by atoms with van der Waals surface area (Å²) in [5.41, 5.74) is 0. The van der Waals surface area contributed by atoms with E-state index in [-0.39, 0.29) is 13.0 Å². The Bertz CT molecular complexity index is 291. The molecule has 7 heteroatoms. The second-order valence-corrected chi connectivity index (χ2v) is 4.03. The summed E-state index contributed by atoms with van der Waals surface area (Å²) in [5, 5.41) is 37.7. The van der Waals surface area contributed by atoms with Gasteiger partial charge in [0.05, 0.1) is 19.3 Å². The molecule has 0 aromatic rings. The number of carbonyl (C=O) groups is 1. The highest BCUT2D eigenvalue weighted by Gasteiger charge is 2.43. The zero-order valence-corrected chi connectivity index (χ0v) is 9.81. The average molecular weight is 262 g/mol. The molecular formula is C11H18O7. The largest absolute Gasteiger partial charge is 0.462 e. The van der Waals surface area contributed by atoms with Crippen LogP contribution in [0.25, 0.3) is 0 Å². The maximum absolute atomic E-state index is 10.8. The standard InChI is InChI=1S/C11H18O7/c1-2-8(13)17-4-3-6-9(14)11(16)10(15)7(5-12)18-6/h2,6-7,9-12,14-16H,1,3-5H2/t6?,7-,9+,10+,11-/m1/s1. The molecule has 104 valence electrons. The van der Waals surface area contributed by atoms with Gasteiger partial charge >= 0.3 is 5.97 Å². The van der Waals surface area contributed by atoms with Crippen LogP contribution >= 0.6 is 0 Å². The summed E-state index contributed by atoms with van der Waals surface area (Å²) in [7, 11) is 0. The Balaban J connectivity index is 2.49. The van der Waals surface area contributed by atoms with Crippen LogP contribution in [0.3, 0.4) is 0 Å². The van der Waals surface area contributed by atoms with Gasteiger partial charge in [-0.15, -0.1) is 0 Å². The van der Waals surface area contributed by atoms with Crippen molar-refractivity contribution in [3.05, 3.63) is 12.7 Å². The first kappa shape index (κ1) is 15.1. The molecule has 0 amide bonds. The molecule has 0 saturated carbocycles. The number of aliphatic hydroxyl groups is 4.